The second-order valence-electron chi connectivity index (χ2n) is 9.32. The van der Waals surface area contributed by atoms with E-state index in [0.29, 0.717) is 35.0 Å². The van der Waals surface area contributed by atoms with Gasteiger partial charge in [0.25, 0.3) is 15.9 Å². The van der Waals surface area contributed by atoms with Gasteiger partial charge in [0.15, 0.2) is 6.61 Å². The van der Waals surface area contributed by atoms with Crippen molar-refractivity contribution in [2.45, 2.75) is 32.2 Å². The predicted octanol–water partition coefficient (Wildman–Crippen LogP) is 6.34. The molecule has 1 aromatic heterocycles. The standard InChI is InChI=1S/C31H31N3O5S/c1-4-34-28-9-7-6-8-26(28)27-19-23(12-16-29(27)34)32-31(35)20-39-30-17-15-25(18-21(30)3)40(36,37)33-22-10-13-24(14-11-22)38-5-2/h6-19,33H,4-5,20H2,1-3H3,(H,32,35). The number of carbonyl (C=O) groups is 1. The first kappa shape index (κ1) is 27.1. The lowest BCUT2D eigenvalue weighted by Gasteiger charge is -2.13. The molecular weight excluding hydrogens is 526 g/mol. The van der Waals surface area contributed by atoms with Crippen LogP contribution in [0, 0.1) is 6.92 Å². The van der Waals surface area contributed by atoms with E-state index < -0.39 is 10.0 Å². The van der Waals surface area contributed by atoms with Gasteiger partial charge in [0.1, 0.15) is 11.5 Å². The molecule has 0 saturated carbocycles. The molecule has 0 spiro atoms. The van der Waals surface area contributed by atoms with Crippen molar-refractivity contribution in [1.82, 2.24) is 4.57 Å². The topological polar surface area (TPSA) is 98.7 Å². The average Bonchev–Trinajstić information content (AvgIpc) is 3.26. The summed E-state index contributed by atoms with van der Waals surface area (Å²) < 4.78 is 41.7. The Labute approximate surface area is 233 Å². The number of aromatic nitrogens is 1. The van der Waals surface area contributed by atoms with Crippen LogP contribution in [0.15, 0.2) is 89.8 Å². The van der Waals surface area contributed by atoms with Crippen LogP contribution in [0.3, 0.4) is 0 Å². The molecule has 0 radical (unpaired) electrons. The zero-order valence-electron chi connectivity index (χ0n) is 22.6. The van der Waals surface area contributed by atoms with Gasteiger partial charge < -0.3 is 19.4 Å². The summed E-state index contributed by atoms with van der Waals surface area (Å²) in [5, 5.41) is 5.11. The van der Waals surface area contributed by atoms with Crippen LogP contribution in [0.25, 0.3) is 21.8 Å². The zero-order chi connectivity index (χ0) is 28.3. The Balaban J connectivity index is 1.24. The van der Waals surface area contributed by atoms with E-state index in [1.54, 1.807) is 37.3 Å². The minimum atomic E-state index is -3.81. The van der Waals surface area contributed by atoms with E-state index in [4.69, 9.17) is 9.47 Å². The van der Waals surface area contributed by atoms with Gasteiger partial charge in [0.2, 0.25) is 0 Å². The number of fused-ring (bicyclic) bond motifs is 3. The summed E-state index contributed by atoms with van der Waals surface area (Å²) in [5.74, 6) is 0.778. The van der Waals surface area contributed by atoms with Crippen molar-refractivity contribution in [1.29, 1.82) is 0 Å². The highest BCUT2D eigenvalue weighted by molar-refractivity contribution is 7.92. The smallest absolute Gasteiger partial charge is 0.262 e. The van der Waals surface area contributed by atoms with Crippen LogP contribution < -0.4 is 19.5 Å². The lowest BCUT2D eigenvalue weighted by atomic mass is 10.1. The van der Waals surface area contributed by atoms with Crippen molar-refractivity contribution in [3.05, 3.63) is 90.5 Å². The lowest BCUT2D eigenvalue weighted by molar-refractivity contribution is -0.118. The van der Waals surface area contributed by atoms with E-state index >= 15 is 0 Å². The molecule has 0 aliphatic heterocycles. The third-order valence-corrected chi connectivity index (χ3v) is 7.98. The molecule has 206 valence electrons. The van der Waals surface area contributed by atoms with Gasteiger partial charge >= 0.3 is 0 Å². The number of nitrogens with zero attached hydrogens (tertiary/aromatic N) is 1. The normalized spacial score (nSPS) is 11.5. The molecule has 0 aliphatic rings. The molecule has 9 heteroatoms. The first-order chi connectivity index (χ1) is 19.3. The molecular formula is C31H31N3O5S. The first-order valence-electron chi connectivity index (χ1n) is 13.1. The maximum Gasteiger partial charge on any atom is 0.262 e. The van der Waals surface area contributed by atoms with Crippen LogP contribution in [0.1, 0.15) is 19.4 Å². The summed E-state index contributed by atoms with van der Waals surface area (Å²) in [6.45, 7) is 6.89. The highest BCUT2D eigenvalue weighted by Gasteiger charge is 2.17. The number of hydrogen-bond acceptors (Lipinski definition) is 5. The third kappa shape index (κ3) is 5.60. The Morgan fingerprint density at radius 1 is 0.825 bits per heavy atom. The number of carbonyl (C=O) groups excluding carboxylic acids is 1. The number of sulfonamides is 1. The van der Waals surface area contributed by atoms with Crippen molar-refractivity contribution >= 4 is 49.1 Å². The number of aryl methyl sites for hydroxylation is 2. The monoisotopic (exact) mass is 557 g/mol. The van der Waals surface area contributed by atoms with Crippen molar-refractivity contribution in [2.24, 2.45) is 0 Å². The van der Waals surface area contributed by atoms with Crippen molar-refractivity contribution < 1.29 is 22.7 Å². The van der Waals surface area contributed by atoms with Crippen LogP contribution >= 0.6 is 0 Å². The van der Waals surface area contributed by atoms with Gasteiger partial charge in [-0.25, -0.2) is 8.42 Å². The quantitative estimate of drug-likeness (QED) is 0.209. The first-order valence-corrected chi connectivity index (χ1v) is 14.6. The largest absolute Gasteiger partial charge is 0.494 e. The van der Waals surface area contributed by atoms with Gasteiger partial charge in [-0.2, -0.15) is 0 Å². The number of amides is 1. The Bertz CT molecular complexity index is 1790. The Morgan fingerprint density at radius 2 is 1.55 bits per heavy atom. The zero-order valence-corrected chi connectivity index (χ0v) is 23.4. The highest BCUT2D eigenvalue weighted by Crippen LogP contribution is 2.31. The minimum absolute atomic E-state index is 0.0928. The molecule has 0 aliphatic carbocycles. The van der Waals surface area contributed by atoms with Gasteiger partial charge in [-0.05, 0) is 93.1 Å². The van der Waals surface area contributed by atoms with Gasteiger partial charge in [-0.1, -0.05) is 18.2 Å². The molecule has 0 unspecified atom stereocenters. The molecule has 0 fully saturated rings. The van der Waals surface area contributed by atoms with Crippen LogP contribution in [0.5, 0.6) is 11.5 Å². The minimum Gasteiger partial charge on any atom is -0.494 e. The SMILES string of the molecule is CCOc1ccc(NS(=O)(=O)c2ccc(OCC(=O)Nc3ccc4c(c3)c3ccccc3n4CC)c(C)c2)cc1. The van der Waals surface area contributed by atoms with E-state index in [0.717, 1.165) is 28.4 Å². The fourth-order valence-electron chi connectivity index (χ4n) is 4.76. The maximum atomic E-state index is 12.9. The second kappa shape index (κ2) is 11.3. The number of benzene rings is 4. The van der Waals surface area contributed by atoms with Gasteiger partial charge in [0.05, 0.1) is 11.5 Å². The highest BCUT2D eigenvalue weighted by atomic mass is 32.2. The number of rotatable bonds is 10. The summed E-state index contributed by atoms with van der Waals surface area (Å²) in [7, 11) is -3.81. The van der Waals surface area contributed by atoms with Crippen LogP contribution in [-0.2, 0) is 21.4 Å². The van der Waals surface area contributed by atoms with Crippen LogP contribution in [0.4, 0.5) is 11.4 Å². The summed E-state index contributed by atoms with van der Waals surface area (Å²) in [4.78, 5) is 12.8. The number of anilines is 2. The van der Waals surface area contributed by atoms with Crippen molar-refractivity contribution in [3.63, 3.8) is 0 Å². The number of para-hydroxylation sites is 1. The van der Waals surface area contributed by atoms with Crippen molar-refractivity contribution in [2.75, 3.05) is 23.3 Å². The average molecular weight is 558 g/mol. The van der Waals surface area contributed by atoms with E-state index in [1.165, 1.54) is 12.1 Å². The molecule has 4 aromatic carbocycles. The fraction of sp³-hybridized carbons (Fsp3) is 0.194. The Morgan fingerprint density at radius 3 is 2.27 bits per heavy atom. The molecule has 5 rings (SSSR count). The predicted molar refractivity (Wildman–Crippen MR) is 159 cm³/mol. The number of ether oxygens (including phenoxy) is 2. The fourth-order valence-corrected chi connectivity index (χ4v) is 5.91. The summed E-state index contributed by atoms with van der Waals surface area (Å²) in [6, 6.07) is 25.3. The van der Waals surface area contributed by atoms with E-state index in [2.05, 4.69) is 33.7 Å². The molecule has 0 saturated heterocycles. The summed E-state index contributed by atoms with van der Waals surface area (Å²) in [6.07, 6.45) is 0. The van der Waals surface area contributed by atoms with Gasteiger partial charge in [0, 0.05) is 39.7 Å². The van der Waals surface area contributed by atoms with E-state index in [1.807, 2.05) is 37.3 Å². The second-order valence-corrected chi connectivity index (χ2v) is 11.0. The van der Waals surface area contributed by atoms with Gasteiger partial charge in [-0.3, -0.25) is 9.52 Å². The maximum absolute atomic E-state index is 12.9. The Hall–Kier alpha value is -4.50. The molecule has 1 heterocycles. The van der Waals surface area contributed by atoms with E-state index in [9.17, 15) is 13.2 Å². The molecule has 2 N–H and O–H groups in total. The Kier molecular flexibility index (Phi) is 7.66. The van der Waals surface area contributed by atoms with Crippen LogP contribution in [-0.4, -0.2) is 32.1 Å². The lowest BCUT2D eigenvalue weighted by Crippen LogP contribution is -2.20. The molecule has 8 nitrogen and oxygen atoms in total. The van der Waals surface area contributed by atoms with Crippen molar-refractivity contribution in [3.8, 4) is 11.5 Å². The molecule has 0 bridgehead atoms. The molecule has 0 atom stereocenters. The third-order valence-electron chi connectivity index (χ3n) is 6.61. The van der Waals surface area contributed by atoms with E-state index in [-0.39, 0.29) is 17.4 Å². The molecule has 5 aromatic rings. The summed E-state index contributed by atoms with van der Waals surface area (Å²) in [5.41, 5.74) is 3.97. The number of nitrogens with one attached hydrogen (secondary N) is 2. The van der Waals surface area contributed by atoms with Gasteiger partial charge in [-0.15, -0.1) is 0 Å². The number of hydrogen-bond donors (Lipinski definition) is 2. The molecule has 1 amide bonds. The van der Waals surface area contributed by atoms with Crippen LogP contribution in [0.2, 0.25) is 0 Å². The summed E-state index contributed by atoms with van der Waals surface area (Å²) >= 11 is 0. The molecule has 40 heavy (non-hydrogen) atoms.